The molecule has 24 heavy (non-hydrogen) atoms. The zero-order valence-corrected chi connectivity index (χ0v) is 14.2. The van der Waals surface area contributed by atoms with Crippen molar-refractivity contribution in [3.63, 3.8) is 0 Å². The van der Waals surface area contributed by atoms with E-state index in [0.717, 1.165) is 11.3 Å². The number of ether oxygens (including phenoxy) is 1. The molecule has 2 rings (SSSR count). The molecule has 0 unspecified atom stereocenters. The van der Waals surface area contributed by atoms with E-state index in [4.69, 9.17) is 0 Å². The topological polar surface area (TPSA) is 114 Å². The summed E-state index contributed by atoms with van der Waals surface area (Å²) < 4.78 is 31.4. The van der Waals surface area contributed by atoms with Gasteiger partial charge in [-0.25, -0.2) is 18.6 Å². The van der Waals surface area contributed by atoms with E-state index in [2.05, 4.69) is 20.3 Å². The lowest BCUT2D eigenvalue weighted by Gasteiger charge is -2.09. The predicted octanol–water partition coefficient (Wildman–Crippen LogP) is 1.94. The van der Waals surface area contributed by atoms with Crippen LogP contribution in [-0.4, -0.2) is 27.0 Å². The Labute approximate surface area is 142 Å². The molecule has 128 valence electrons. The number of hydrogen-bond donors (Lipinski definition) is 3. The smallest absolute Gasteiger partial charge is 0.426 e. The van der Waals surface area contributed by atoms with Crippen molar-refractivity contribution in [2.45, 2.75) is 11.1 Å². The average Bonchev–Trinajstić information content (AvgIpc) is 3.09. The van der Waals surface area contributed by atoms with Crippen LogP contribution in [0.5, 0.6) is 0 Å². The number of hydrazine groups is 1. The molecular formula is C14H15N3O5S2. The Morgan fingerprint density at radius 2 is 1.83 bits per heavy atom. The SMILES string of the molecule is CCOC(=O)NNC(=O)c1ccc(NS(=O)(=O)c2cccs2)cc1. The molecule has 10 heteroatoms. The van der Waals surface area contributed by atoms with Crippen molar-refractivity contribution in [2.24, 2.45) is 0 Å². The molecule has 2 amide bonds. The molecule has 0 spiro atoms. The van der Waals surface area contributed by atoms with Crippen LogP contribution in [-0.2, 0) is 14.8 Å². The number of rotatable bonds is 5. The first-order chi connectivity index (χ1) is 11.4. The Morgan fingerprint density at radius 3 is 2.42 bits per heavy atom. The van der Waals surface area contributed by atoms with Gasteiger partial charge < -0.3 is 4.74 Å². The van der Waals surface area contributed by atoms with Gasteiger partial charge >= 0.3 is 6.09 Å². The summed E-state index contributed by atoms with van der Waals surface area (Å²) in [6, 6.07) is 8.89. The van der Waals surface area contributed by atoms with Gasteiger partial charge in [-0.2, -0.15) is 0 Å². The molecule has 1 heterocycles. The molecule has 0 aliphatic carbocycles. The van der Waals surface area contributed by atoms with Crippen molar-refractivity contribution in [3.05, 3.63) is 47.3 Å². The summed E-state index contributed by atoms with van der Waals surface area (Å²) in [6.45, 7) is 1.82. The number of nitrogens with one attached hydrogen (secondary N) is 3. The molecule has 3 N–H and O–H groups in total. The van der Waals surface area contributed by atoms with Crippen molar-refractivity contribution in [2.75, 3.05) is 11.3 Å². The number of thiophene rings is 1. The van der Waals surface area contributed by atoms with E-state index < -0.39 is 22.0 Å². The number of carbonyl (C=O) groups excluding carboxylic acids is 2. The van der Waals surface area contributed by atoms with Crippen molar-refractivity contribution < 1.29 is 22.7 Å². The minimum Gasteiger partial charge on any atom is -0.449 e. The van der Waals surface area contributed by atoms with E-state index in [1.54, 1.807) is 18.4 Å². The Balaban J connectivity index is 1.98. The van der Waals surface area contributed by atoms with Crippen LogP contribution < -0.4 is 15.6 Å². The first-order valence-electron chi connectivity index (χ1n) is 6.82. The maximum Gasteiger partial charge on any atom is 0.426 e. The molecule has 0 radical (unpaired) electrons. The first kappa shape index (κ1) is 17.8. The van der Waals surface area contributed by atoms with Crippen LogP contribution in [0.3, 0.4) is 0 Å². The lowest BCUT2D eigenvalue weighted by molar-refractivity contribution is 0.0912. The van der Waals surface area contributed by atoms with Gasteiger partial charge in [0.15, 0.2) is 0 Å². The molecule has 0 saturated heterocycles. The number of carbonyl (C=O) groups is 2. The van der Waals surface area contributed by atoms with Gasteiger partial charge in [0.2, 0.25) is 0 Å². The molecule has 0 fully saturated rings. The highest BCUT2D eigenvalue weighted by Gasteiger charge is 2.15. The lowest BCUT2D eigenvalue weighted by atomic mass is 10.2. The number of anilines is 1. The van der Waals surface area contributed by atoms with Crippen LogP contribution in [0.1, 0.15) is 17.3 Å². The van der Waals surface area contributed by atoms with E-state index in [-0.39, 0.29) is 16.4 Å². The number of benzene rings is 1. The fraction of sp³-hybridized carbons (Fsp3) is 0.143. The second kappa shape index (κ2) is 7.79. The maximum atomic E-state index is 12.1. The molecule has 8 nitrogen and oxygen atoms in total. The van der Waals surface area contributed by atoms with Crippen LogP contribution >= 0.6 is 11.3 Å². The average molecular weight is 369 g/mol. The number of sulfonamides is 1. The highest BCUT2D eigenvalue weighted by Crippen LogP contribution is 2.20. The predicted molar refractivity (Wildman–Crippen MR) is 89.2 cm³/mol. The minimum atomic E-state index is -3.64. The van der Waals surface area contributed by atoms with E-state index in [1.807, 2.05) is 0 Å². The summed E-state index contributed by atoms with van der Waals surface area (Å²) in [7, 11) is -3.64. The van der Waals surface area contributed by atoms with Crippen molar-refractivity contribution in [3.8, 4) is 0 Å². The van der Waals surface area contributed by atoms with Crippen LogP contribution in [0, 0.1) is 0 Å². The van der Waals surface area contributed by atoms with Crippen LogP contribution in [0.15, 0.2) is 46.0 Å². The monoisotopic (exact) mass is 369 g/mol. The molecule has 0 bridgehead atoms. The van der Waals surface area contributed by atoms with E-state index >= 15 is 0 Å². The van der Waals surface area contributed by atoms with Gasteiger partial charge in [-0.05, 0) is 42.6 Å². The third-order valence-corrected chi connectivity index (χ3v) is 5.49. The van der Waals surface area contributed by atoms with Gasteiger partial charge in [-0.15, -0.1) is 11.3 Å². The number of hydrogen-bond acceptors (Lipinski definition) is 6. The first-order valence-corrected chi connectivity index (χ1v) is 9.18. The molecule has 1 aromatic carbocycles. The van der Waals surface area contributed by atoms with Gasteiger partial charge in [-0.1, -0.05) is 6.07 Å². The lowest BCUT2D eigenvalue weighted by Crippen LogP contribution is -2.41. The van der Waals surface area contributed by atoms with Gasteiger partial charge in [-0.3, -0.25) is 14.9 Å². The number of amides is 2. The second-order valence-corrected chi connectivity index (χ2v) is 7.27. The van der Waals surface area contributed by atoms with Gasteiger partial charge in [0.25, 0.3) is 15.9 Å². The van der Waals surface area contributed by atoms with Crippen LogP contribution in [0.4, 0.5) is 10.5 Å². The summed E-state index contributed by atoms with van der Waals surface area (Å²) in [6.07, 6.45) is -0.772. The fourth-order valence-corrected chi connectivity index (χ4v) is 3.71. The van der Waals surface area contributed by atoms with Gasteiger partial charge in [0, 0.05) is 11.3 Å². The van der Waals surface area contributed by atoms with Crippen molar-refractivity contribution in [1.82, 2.24) is 10.9 Å². The standard InChI is InChI=1S/C14H15N3O5S2/c1-2-22-14(19)16-15-13(18)10-5-7-11(8-6-10)17-24(20,21)12-4-3-9-23-12/h3-9,17H,2H2,1H3,(H,15,18)(H,16,19). The molecule has 0 atom stereocenters. The zero-order valence-electron chi connectivity index (χ0n) is 12.6. The molecule has 1 aromatic heterocycles. The Kier molecular flexibility index (Phi) is 5.77. The Hall–Kier alpha value is -2.59. The normalized spacial score (nSPS) is 10.7. The third-order valence-electron chi connectivity index (χ3n) is 2.71. The quantitative estimate of drug-likeness (QED) is 0.697. The summed E-state index contributed by atoms with van der Waals surface area (Å²) in [5.74, 6) is -0.560. The summed E-state index contributed by atoms with van der Waals surface area (Å²) in [4.78, 5) is 22.9. The van der Waals surface area contributed by atoms with Gasteiger partial charge in [0.1, 0.15) is 4.21 Å². The summed E-state index contributed by atoms with van der Waals surface area (Å²) in [5.41, 5.74) is 4.81. The van der Waals surface area contributed by atoms with Crippen LogP contribution in [0.2, 0.25) is 0 Å². The minimum absolute atomic E-state index is 0.181. The van der Waals surface area contributed by atoms with Crippen molar-refractivity contribution >= 4 is 39.0 Å². The van der Waals surface area contributed by atoms with E-state index in [1.165, 1.54) is 30.3 Å². The summed E-state index contributed by atoms with van der Waals surface area (Å²) >= 11 is 1.10. The molecule has 0 saturated carbocycles. The molecular weight excluding hydrogens is 354 g/mol. The van der Waals surface area contributed by atoms with Crippen molar-refractivity contribution in [1.29, 1.82) is 0 Å². The summed E-state index contributed by atoms with van der Waals surface area (Å²) in [5, 5.41) is 1.67. The maximum absolute atomic E-state index is 12.1. The fourth-order valence-electron chi connectivity index (χ4n) is 1.66. The third kappa shape index (κ3) is 4.70. The van der Waals surface area contributed by atoms with E-state index in [0.29, 0.717) is 5.69 Å². The molecule has 0 aliphatic heterocycles. The van der Waals surface area contributed by atoms with Crippen LogP contribution in [0.25, 0.3) is 0 Å². The van der Waals surface area contributed by atoms with Gasteiger partial charge in [0.05, 0.1) is 6.61 Å². The highest BCUT2D eigenvalue weighted by molar-refractivity contribution is 7.94. The van der Waals surface area contributed by atoms with E-state index in [9.17, 15) is 18.0 Å². The largest absolute Gasteiger partial charge is 0.449 e. The molecule has 2 aromatic rings. The Bertz CT molecular complexity index is 801. The Morgan fingerprint density at radius 1 is 1.12 bits per heavy atom. The molecule has 0 aliphatic rings. The second-order valence-electron chi connectivity index (χ2n) is 4.41. The highest BCUT2D eigenvalue weighted by atomic mass is 32.2. The zero-order chi connectivity index (χ0) is 17.6.